The van der Waals surface area contributed by atoms with Crippen molar-refractivity contribution in [3.05, 3.63) is 35.9 Å². The van der Waals surface area contributed by atoms with Gasteiger partial charge in [0.1, 0.15) is 37.9 Å². The number of ketones is 1. The summed E-state index contributed by atoms with van der Waals surface area (Å²) < 4.78 is 46.1. The van der Waals surface area contributed by atoms with Crippen LogP contribution < -0.4 is 10.6 Å². The van der Waals surface area contributed by atoms with Crippen LogP contribution in [0.3, 0.4) is 0 Å². The Kier molecular flexibility index (Phi) is 10.8. The highest BCUT2D eigenvalue weighted by Crippen LogP contribution is 2.19. The summed E-state index contributed by atoms with van der Waals surface area (Å²) in [7, 11) is 0. The molecule has 0 radical (unpaired) electrons. The second-order valence-electron chi connectivity index (χ2n) is 8.36. The number of nitrogens with zero attached hydrogens (tertiary/aromatic N) is 1. The quantitative estimate of drug-likeness (QED) is 0.366. The molecule has 3 atom stereocenters. The highest BCUT2D eigenvalue weighted by molar-refractivity contribution is 5.95. The van der Waals surface area contributed by atoms with E-state index in [1.807, 2.05) is 6.07 Å². The molecule has 0 saturated carbocycles. The Morgan fingerprint density at radius 2 is 1.81 bits per heavy atom. The van der Waals surface area contributed by atoms with Crippen molar-refractivity contribution in [1.29, 1.82) is 0 Å². The Balaban J connectivity index is 1.91. The second kappa shape index (κ2) is 13.6. The van der Waals surface area contributed by atoms with Gasteiger partial charge in [0.05, 0.1) is 6.42 Å². The zero-order chi connectivity index (χ0) is 27.6. The van der Waals surface area contributed by atoms with E-state index in [0.717, 1.165) is 5.56 Å². The topological polar surface area (TPSA) is 151 Å². The molecular formula is C23H28F3N3O8. The van der Waals surface area contributed by atoms with Crippen molar-refractivity contribution < 1.29 is 51.7 Å². The molecule has 0 aromatic heterocycles. The number of nitrogens with one attached hydrogen (secondary N) is 2. The first-order valence-electron chi connectivity index (χ1n) is 11.3. The summed E-state index contributed by atoms with van der Waals surface area (Å²) in [5.41, 5.74) is 0.760. The summed E-state index contributed by atoms with van der Waals surface area (Å²) in [4.78, 5) is 62.2. The lowest BCUT2D eigenvalue weighted by molar-refractivity contribution is -0.176. The fraction of sp³-hybridized carbons (Fsp3) is 0.522. The maximum atomic E-state index is 12.8. The fourth-order valence-electron chi connectivity index (χ4n) is 3.52. The average Bonchev–Trinajstić information content (AvgIpc) is 3.32. The van der Waals surface area contributed by atoms with Gasteiger partial charge >= 0.3 is 18.2 Å². The fourth-order valence-corrected chi connectivity index (χ4v) is 3.52. The summed E-state index contributed by atoms with van der Waals surface area (Å²) in [6.45, 7) is -1.25. The molecule has 3 N–H and O–H groups in total. The van der Waals surface area contributed by atoms with Gasteiger partial charge < -0.3 is 25.2 Å². The molecule has 1 aliphatic heterocycles. The van der Waals surface area contributed by atoms with Gasteiger partial charge in [-0.25, -0.2) is 4.79 Å². The van der Waals surface area contributed by atoms with E-state index in [9.17, 15) is 37.1 Å². The van der Waals surface area contributed by atoms with E-state index in [2.05, 4.69) is 15.4 Å². The van der Waals surface area contributed by atoms with E-state index < -0.39 is 73.6 Å². The molecular weight excluding hydrogens is 503 g/mol. The largest absolute Gasteiger partial charge is 0.481 e. The van der Waals surface area contributed by atoms with Crippen LogP contribution in [0, 0.1) is 0 Å². The molecule has 1 heterocycles. The van der Waals surface area contributed by atoms with E-state index in [1.54, 1.807) is 24.3 Å². The monoisotopic (exact) mass is 531 g/mol. The Morgan fingerprint density at radius 1 is 1.14 bits per heavy atom. The van der Waals surface area contributed by atoms with Gasteiger partial charge in [-0.2, -0.15) is 13.2 Å². The molecule has 1 aliphatic rings. The minimum absolute atomic E-state index is 0.00893. The summed E-state index contributed by atoms with van der Waals surface area (Å²) in [5.74, 6) is -4.17. The maximum absolute atomic E-state index is 12.8. The number of hydrogen-bond acceptors (Lipinski definition) is 7. The van der Waals surface area contributed by atoms with Crippen LogP contribution in [0.25, 0.3) is 0 Å². The molecule has 1 fully saturated rings. The third-order valence-corrected chi connectivity index (χ3v) is 5.34. The summed E-state index contributed by atoms with van der Waals surface area (Å²) in [6.07, 6.45) is -5.45. The maximum Gasteiger partial charge on any atom is 0.411 e. The zero-order valence-corrected chi connectivity index (χ0v) is 20.0. The highest BCUT2D eigenvalue weighted by Gasteiger charge is 2.37. The van der Waals surface area contributed by atoms with Crippen molar-refractivity contribution in [2.75, 3.05) is 19.8 Å². The minimum Gasteiger partial charge on any atom is -0.481 e. The van der Waals surface area contributed by atoms with E-state index >= 15 is 0 Å². The number of halogens is 3. The van der Waals surface area contributed by atoms with Crippen molar-refractivity contribution in [2.24, 2.45) is 0 Å². The molecule has 37 heavy (non-hydrogen) atoms. The number of aliphatic carboxylic acids is 1. The number of likely N-dealkylation sites (tertiary alicyclic amines) is 1. The Bertz CT molecular complexity index is 974. The third-order valence-electron chi connectivity index (χ3n) is 5.34. The van der Waals surface area contributed by atoms with Crippen molar-refractivity contribution >= 4 is 29.7 Å². The third kappa shape index (κ3) is 10.1. The molecule has 2 rings (SSSR count). The predicted molar refractivity (Wildman–Crippen MR) is 120 cm³/mol. The SMILES string of the molecule is C[C@H](NC(=O)[C@@H]1CCCN1C(=O)OCc1ccccc1)C(=O)N[C@@H](CC(=O)O)C(=O)COCC(F)(F)F. The molecule has 204 valence electrons. The molecule has 14 heteroatoms. The lowest BCUT2D eigenvalue weighted by atomic mass is 10.1. The molecule has 3 amide bonds. The van der Waals surface area contributed by atoms with Gasteiger partial charge in [-0.1, -0.05) is 30.3 Å². The van der Waals surface area contributed by atoms with Gasteiger partial charge in [-0.05, 0) is 25.3 Å². The van der Waals surface area contributed by atoms with Crippen LogP contribution >= 0.6 is 0 Å². The lowest BCUT2D eigenvalue weighted by Gasteiger charge is -2.25. The van der Waals surface area contributed by atoms with Gasteiger partial charge in [0.2, 0.25) is 11.8 Å². The smallest absolute Gasteiger partial charge is 0.411 e. The molecule has 0 spiro atoms. The summed E-state index contributed by atoms with van der Waals surface area (Å²) >= 11 is 0. The van der Waals surface area contributed by atoms with Crippen LogP contribution in [0.4, 0.5) is 18.0 Å². The van der Waals surface area contributed by atoms with Crippen molar-refractivity contribution in [3.63, 3.8) is 0 Å². The first-order valence-corrected chi connectivity index (χ1v) is 11.3. The normalized spacial score (nSPS) is 17.0. The van der Waals surface area contributed by atoms with Crippen molar-refractivity contribution in [3.8, 4) is 0 Å². The number of rotatable bonds is 12. The van der Waals surface area contributed by atoms with Crippen molar-refractivity contribution in [2.45, 2.75) is 57.1 Å². The Labute approximate surface area is 210 Å². The van der Waals surface area contributed by atoms with Crippen molar-refractivity contribution in [1.82, 2.24) is 15.5 Å². The van der Waals surface area contributed by atoms with Crippen LogP contribution in [-0.2, 0) is 35.3 Å². The Morgan fingerprint density at radius 3 is 2.43 bits per heavy atom. The zero-order valence-electron chi connectivity index (χ0n) is 20.0. The number of alkyl halides is 3. The molecule has 0 unspecified atom stereocenters. The number of carbonyl (C=O) groups excluding carboxylic acids is 4. The van der Waals surface area contributed by atoms with Gasteiger partial charge in [0, 0.05) is 6.54 Å². The number of ether oxygens (including phenoxy) is 2. The molecule has 0 bridgehead atoms. The Hall–Kier alpha value is -3.68. The van der Waals surface area contributed by atoms with E-state index in [4.69, 9.17) is 9.84 Å². The van der Waals surface area contributed by atoms with Crippen LogP contribution in [0.5, 0.6) is 0 Å². The van der Waals surface area contributed by atoms with Gasteiger partial charge in [-0.15, -0.1) is 0 Å². The molecule has 1 aromatic carbocycles. The minimum atomic E-state index is -4.69. The van der Waals surface area contributed by atoms with Gasteiger partial charge in [-0.3, -0.25) is 24.1 Å². The number of carbonyl (C=O) groups is 5. The first kappa shape index (κ1) is 29.5. The highest BCUT2D eigenvalue weighted by atomic mass is 19.4. The number of carboxylic acids is 1. The number of benzene rings is 1. The molecule has 11 nitrogen and oxygen atoms in total. The van der Waals surface area contributed by atoms with Crippen LogP contribution in [-0.4, -0.2) is 83.7 Å². The molecule has 0 aliphatic carbocycles. The summed E-state index contributed by atoms with van der Waals surface area (Å²) in [6, 6.07) is 5.08. The standard InChI is InChI=1S/C23H28F3N3O8/c1-14(20(33)28-16(10-19(31)32)18(30)12-36-13-23(24,25)26)27-21(34)17-8-5-9-29(17)22(35)37-11-15-6-3-2-4-7-15/h2-4,6-7,14,16-17H,5,8-13H2,1H3,(H,27,34)(H,28,33)(H,31,32)/t14-,16-,17-/m0/s1. The second-order valence-corrected chi connectivity index (χ2v) is 8.36. The predicted octanol–water partition coefficient (Wildman–Crippen LogP) is 1.40. The number of hydrogen-bond donors (Lipinski definition) is 3. The van der Waals surface area contributed by atoms with Gasteiger partial charge in [0.25, 0.3) is 0 Å². The van der Waals surface area contributed by atoms with Gasteiger partial charge in [0.15, 0.2) is 5.78 Å². The lowest BCUT2D eigenvalue weighted by Crippen LogP contribution is -2.54. The van der Waals surface area contributed by atoms with E-state index in [1.165, 1.54) is 11.8 Å². The van der Waals surface area contributed by atoms with Crippen LogP contribution in [0.1, 0.15) is 31.7 Å². The number of carboxylic acid groups (broad SMARTS) is 1. The first-order chi connectivity index (χ1) is 17.4. The summed E-state index contributed by atoms with van der Waals surface area (Å²) in [5, 5.41) is 13.5. The average molecular weight is 531 g/mol. The van der Waals surface area contributed by atoms with E-state index in [0.29, 0.717) is 12.8 Å². The van der Waals surface area contributed by atoms with Crippen LogP contribution in [0.15, 0.2) is 30.3 Å². The number of amides is 3. The van der Waals surface area contributed by atoms with Crippen LogP contribution in [0.2, 0.25) is 0 Å². The number of Topliss-reactive ketones (excluding diaryl/α,β-unsaturated/α-hetero) is 1. The molecule has 1 aromatic rings. The van der Waals surface area contributed by atoms with E-state index in [-0.39, 0.29) is 13.2 Å². The molecule has 1 saturated heterocycles.